The van der Waals surface area contributed by atoms with Crippen molar-refractivity contribution in [2.75, 3.05) is 18.6 Å². The number of hydrogen-bond donors (Lipinski definition) is 0. The van der Waals surface area contributed by atoms with Gasteiger partial charge in [-0.15, -0.1) is 10.2 Å². The highest BCUT2D eigenvalue weighted by Gasteiger charge is 2.26. The van der Waals surface area contributed by atoms with Crippen LogP contribution in [0.3, 0.4) is 0 Å². The van der Waals surface area contributed by atoms with Gasteiger partial charge in [-0.3, -0.25) is 4.57 Å². The molecule has 0 radical (unpaired) electrons. The summed E-state index contributed by atoms with van der Waals surface area (Å²) in [5.74, 6) is 2.56. The number of rotatable bonds is 5. The highest BCUT2D eigenvalue weighted by molar-refractivity contribution is 7.98. The maximum atomic E-state index is 6.05. The molecule has 1 aliphatic heterocycles. The molecule has 0 N–H and O–H groups in total. The van der Waals surface area contributed by atoms with E-state index in [9.17, 15) is 0 Å². The van der Waals surface area contributed by atoms with Gasteiger partial charge in [0.05, 0.1) is 7.11 Å². The molecule has 1 aromatic heterocycles. The molecular formula is C18H17ClN4OS. The van der Waals surface area contributed by atoms with Crippen LogP contribution in [0, 0.1) is 0 Å². The van der Waals surface area contributed by atoms with Crippen LogP contribution in [0.5, 0.6) is 5.75 Å². The van der Waals surface area contributed by atoms with Crippen molar-refractivity contribution in [3.05, 3.63) is 59.1 Å². The quantitative estimate of drug-likeness (QED) is 0.621. The molecule has 0 unspecified atom stereocenters. The second kappa shape index (κ2) is 6.98. The summed E-state index contributed by atoms with van der Waals surface area (Å²) in [4.78, 5) is 2.18. The molecule has 7 heteroatoms. The molecule has 0 amide bonds. The largest absolute Gasteiger partial charge is 0.497 e. The lowest BCUT2D eigenvalue weighted by atomic mass is 10.2. The van der Waals surface area contributed by atoms with Gasteiger partial charge in [-0.2, -0.15) is 0 Å². The van der Waals surface area contributed by atoms with Gasteiger partial charge in [-0.05, 0) is 42.0 Å². The van der Waals surface area contributed by atoms with Gasteiger partial charge in [0.1, 0.15) is 5.75 Å². The van der Waals surface area contributed by atoms with Crippen LogP contribution in [0.4, 0.5) is 11.6 Å². The van der Waals surface area contributed by atoms with Gasteiger partial charge in [0.2, 0.25) is 5.95 Å². The average Bonchev–Trinajstić information content (AvgIpc) is 3.22. The Kier molecular flexibility index (Phi) is 4.55. The third-order valence-corrected chi connectivity index (χ3v) is 5.40. The number of aromatic nitrogens is 3. The molecule has 0 saturated carbocycles. The Balaban J connectivity index is 1.51. The van der Waals surface area contributed by atoms with Crippen molar-refractivity contribution in [3.63, 3.8) is 0 Å². The minimum Gasteiger partial charge on any atom is -0.497 e. The third kappa shape index (κ3) is 3.32. The van der Waals surface area contributed by atoms with Crippen molar-refractivity contribution in [1.82, 2.24) is 14.8 Å². The number of methoxy groups -OCH3 is 1. The van der Waals surface area contributed by atoms with Gasteiger partial charge in [0.25, 0.3) is 0 Å². The fourth-order valence-electron chi connectivity index (χ4n) is 2.86. The summed E-state index contributed by atoms with van der Waals surface area (Å²) < 4.78 is 7.39. The molecule has 3 aromatic rings. The first-order valence-corrected chi connectivity index (χ1v) is 9.33. The molecule has 4 rings (SSSR count). The van der Waals surface area contributed by atoms with E-state index in [1.807, 2.05) is 42.5 Å². The second-order valence-electron chi connectivity index (χ2n) is 5.70. The second-order valence-corrected chi connectivity index (χ2v) is 7.08. The molecule has 0 saturated heterocycles. The molecule has 0 spiro atoms. The lowest BCUT2D eigenvalue weighted by molar-refractivity contribution is 0.415. The zero-order valence-electron chi connectivity index (χ0n) is 13.7. The van der Waals surface area contributed by atoms with E-state index in [0.717, 1.165) is 46.4 Å². The zero-order valence-corrected chi connectivity index (χ0v) is 15.3. The number of hydrogen-bond acceptors (Lipinski definition) is 5. The Bertz CT molecular complexity index is 881. The Labute approximate surface area is 155 Å². The zero-order chi connectivity index (χ0) is 17.2. The van der Waals surface area contributed by atoms with Crippen molar-refractivity contribution in [2.45, 2.75) is 17.5 Å². The van der Waals surface area contributed by atoms with Gasteiger partial charge in [0.15, 0.2) is 5.16 Å². The predicted octanol–water partition coefficient (Wildman–Crippen LogP) is 4.38. The monoisotopic (exact) mass is 372 g/mol. The molecule has 0 atom stereocenters. The van der Waals surface area contributed by atoms with E-state index in [1.54, 1.807) is 18.9 Å². The van der Waals surface area contributed by atoms with E-state index in [4.69, 9.17) is 16.3 Å². The molecule has 128 valence electrons. The Morgan fingerprint density at radius 1 is 1.12 bits per heavy atom. The summed E-state index contributed by atoms with van der Waals surface area (Å²) in [6.45, 7) is 1.77. The van der Waals surface area contributed by atoms with Crippen LogP contribution in [0.2, 0.25) is 5.02 Å². The van der Waals surface area contributed by atoms with Crippen LogP contribution in [-0.2, 0) is 12.3 Å². The molecule has 0 fully saturated rings. The van der Waals surface area contributed by atoms with E-state index < -0.39 is 0 Å². The van der Waals surface area contributed by atoms with Crippen molar-refractivity contribution >= 4 is 35.0 Å². The Hall–Kier alpha value is -2.18. The normalized spacial score (nSPS) is 13.1. The summed E-state index contributed by atoms with van der Waals surface area (Å²) in [6, 6.07) is 15.9. The van der Waals surface area contributed by atoms with Crippen LogP contribution in [0.15, 0.2) is 53.7 Å². The SMILES string of the molecule is COc1ccc(N2CCn3c(SCc4cccc(Cl)c4)nnc32)cc1. The van der Waals surface area contributed by atoms with Crippen LogP contribution in [0.25, 0.3) is 0 Å². The topological polar surface area (TPSA) is 43.2 Å². The molecular weight excluding hydrogens is 356 g/mol. The number of fused-ring (bicyclic) bond motifs is 1. The van der Waals surface area contributed by atoms with Gasteiger partial charge in [-0.25, -0.2) is 0 Å². The first-order valence-electron chi connectivity index (χ1n) is 7.96. The molecule has 0 bridgehead atoms. The molecule has 2 heterocycles. The summed E-state index contributed by atoms with van der Waals surface area (Å²) in [7, 11) is 1.67. The highest BCUT2D eigenvalue weighted by Crippen LogP contribution is 2.33. The predicted molar refractivity (Wildman–Crippen MR) is 101 cm³/mol. The van der Waals surface area contributed by atoms with E-state index in [-0.39, 0.29) is 0 Å². The first-order chi connectivity index (χ1) is 12.2. The molecule has 25 heavy (non-hydrogen) atoms. The van der Waals surface area contributed by atoms with E-state index in [1.165, 1.54) is 5.56 Å². The van der Waals surface area contributed by atoms with E-state index in [0.29, 0.717) is 0 Å². The molecule has 1 aliphatic rings. The highest BCUT2D eigenvalue weighted by atomic mass is 35.5. The van der Waals surface area contributed by atoms with Gasteiger partial charge in [-0.1, -0.05) is 35.5 Å². The van der Waals surface area contributed by atoms with Crippen LogP contribution in [0.1, 0.15) is 5.56 Å². The number of halogens is 1. The minimum atomic E-state index is 0.759. The lowest BCUT2D eigenvalue weighted by Gasteiger charge is -2.15. The maximum Gasteiger partial charge on any atom is 0.232 e. The molecule has 0 aliphatic carbocycles. The molecule has 2 aromatic carbocycles. The third-order valence-electron chi connectivity index (χ3n) is 4.13. The minimum absolute atomic E-state index is 0.759. The van der Waals surface area contributed by atoms with Crippen LogP contribution in [-0.4, -0.2) is 28.4 Å². The van der Waals surface area contributed by atoms with E-state index in [2.05, 4.69) is 25.7 Å². The fourth-order valence-corrected chi connectivity index (χ4v) is 3.98. The first kappa shape index (κ1) is 16.3. The van der Waals surface area contributed by atoms with Crippen LogP contribution < -0.4 is 9.64 Å². The summed E-state index contributed by atoms with van der Waals surface area (Å²) >= 11 is 7.73. The Morgan fingerprint density at radius 3 is 2.72 bits per heavy atom. The van der Waals surface area contributed by atoms with Crippen molar-refractivity contribution < 1.29 is 4.74 Å². The number of nitrogens with zero attached hydrogens (tertiary/aromatic N) is 4. The van der Waals surface area contributed by atoms with Crippen molar-refractivity contribution in [2.24, 2.45) is 0 Å². The van der Waals surface area contributed by atoms with Gasteiger partial charge in [0, 0.05) is 29.6 Å². The van der Waals surface area contributed by atoms with E-state index >= 15 is 0 Å². The average molecular weight is 373 g/mol. The lowest BCUT2D eigenvalue weighted by Crippen LogP contribution is -2.14. The van der Waals surface area contributed by atoms with Crippen molar-refractivity contribution in [1.29, 1.82) is 0 Å². The van der Waals surface area contributed by atoms with Gasteiger partial charge >= 0.3 is 0 Å². The number of ether oxygens (including phenoxy) is 1. The Morgan fingerprint density at radius 2 is 1.96 bits per heavy atom. The van der Waals surface area contributed by atoms with Crippen molar-refractivity contribution in [3.8, 4) is 5.75 Å². The van der Waals surface area contributed by atoms with Crippen LogP contribution >= 0.6 is 23.4 Å². The number of anilines is 2. The number of benzene rings is 2. The summed E-state index contributed by atoms with van der Waals surface area (Å²) in [5, 5.41) is 10.4. The van der Waals surface area contributed by atoms with Gasteiger partial charge < -0.3 is 9.64 Å². The summed E-state index contributed by atoms with van der Waals surface area (Å²) in [5.41, 5.74) is 2.28. The fraction of sp³-hybridized carbons (Fsp3) is 0.222. The standard InChI is InChI=1S/C18H17ClN4OS/c1-24-16-7-5-15(6-8-16)22-9-10-23-17(22)20-21-18(23)25-12-13-3-2-4-14(19)11-13/h2-8,11H,9-10,12H2,1H3. The summed E-state index contributed by atoms with van der Waals surface area (Å²) in [6.07, 6.45) is 0. The molecule has 5 nitrogen and oxygen atoms in total. The smallest absolute Gasteiger partial charge is 0.232 e. The maximum absolute atomic E-state index is 6.05. The number of thioether (sulfide) groups is 1.